The number of benzene rings is 2. The van der Waals surface area contributed by atoms with Crippen LogP contribution in [0, 0.1) is 0 Å². The molecule has 176 valence electrons. The molecule has 10 radical (unpaired) electrons. The van der Waals surface area contributed by atoms with Crippen LogP contribution in [0.4, 0.5) is 8.78 Å². The van der Waals surface area contributed by atoms with E-state index in [0.29, 0.717) is 5.56 Å². The van der Waals surface area contributed by atoms with E-state index >= 15 is 0 Å². The number of rotatable bonds is 5. The van der Waals surface area contributed by atoms with Crippen molar-refractivity contribution in [2.45, 2.75) is 35.5 Å². The Hall–Kier alpha value is -3.01. The molecule has 4 amide bonds. The Balaban J connectivity index is 1.57. The maximum absolute atomic E-state index is 14.8. The lowest BCUT2D eigenvalue weighted by Gasteiger charge is -2.46. The molecular weight excluding hydrogens is 498 g/mol. The second-order valence-electron chi connectivity index (χ2n) is 8.97. The Morgan fingerprint density at radius 2 is 1.70 bits per heavy atom. The van der Waals surface area contributed by atoms with Crippen LogP contribution < -0.4 is 5.32 Å². The number of alkyl halides is 2. The lowest BCUT2D eigenvalue weighted by Crippen LogP contribution is -2.67. The second kappa shape index (κ2) is 9.08. The molecule has 0 aliphatic carbocycles. The lowest BCUT2D eigenvalue weighted by atomic mass is 9.45. The first-order chi connectivity index (χ1) is 17.1. The Bertz CT molecular complexity index is 1330. The highest BCUT2D eigenvalue weighted by Gasteiger charge is 2.53. The van der Waals surface area contributed by atoms with Crippen molar-refractivity contribution in [1.82, 2.24) is 15.0 Å². The van der Waals surface area contributed by atoms with Gasteiger partial charge >= 0.3 is 5.92 Å². The average Bonchev–Trinajstić information content (AvgIpc) is 3.18. The maximum atomic E-state index is 14.8. The Labute approximate surface area is 222 Å². The first-order valence-corrected chi connectivity index (χ1v) is 11.1. The number of hydrogen-bond donors (Lipinski definition) is 1. The van der Waals surface area contributed by atoms with Crippen molar-refractivity contribution in [3.8, 4) is 0 Å². The van der Waals surface area contributed by atoms with Gasteiger partial charge in [-0.2, -0.15) is 8.78 Å². The largest absolute Gasteiger partial charge is 0.393 e. The summed E-state index contributed by atoms with van der Waals surface area (Å²) in [7, 11) is 29.4. The third-order valence-electron chi connectivity index (χ3n) is 6.37. The van der Waals surface area contributed by atoms with E-state index in [2.05, 4.69) is 0 Å². The van der Waals surface area contributed by atoms with Crippen molar-refractivity contribution in [3.63, 3.8) is 0 Å². The Morgan fingerprint density at radius 3 is 2.32 bits per heavy atom. The zero-order valence-corrected chi connectivity index (χ0v) is 19.8. The molecule has 0 bridgehead atoms. The molecule has 2 aromatic carbocycles. The first-order valence-electron chi connectivity index (χ1n) is 10.7. The van der Waals surface area contributed by atoms with Crippen LogP contribution in [0.5, 0.6) is 0 Å². The van der Waals surface area contributed by atoms with Gasteiger partial charge in [0.1, 0.15) is 15.7 Å². The highest BCUT2D eigenvalue weighted by atomic mass is 35.5. The van der Waals surface area contributed by atoms with E-state index < -0.39 is 58.1 Å². The SMILES string of the molecule is [B]C(c1ccc2c(c1)CN([C@]1([B])CC([B])([B])C(=O)NC1=O)C2=O)N([B])C(=O)C(F)(F)c1ccc(Cl)cc1. The summed E-state index contributed by atoms with van der Waals surface area (Å²) in [6, 6.07) is 8.41. The molecule has 1 fully saturated rings. The van der Waals surface area contributed by atoms with Crippen molar-refractivity contribution in [2.24, 2.45) is 0 Å². The number of nitrogens with zero attached hydrogens (tertiary/aromatic N) is 2. The number of carbonyl (C=O) groups is 4. The first kappa shape index (κ1) is 27.0. The van der Waals surface area contributed by atoms with Gasteiger partial charge in [-0.15, -0.1) is 0 Å². The molecule has 37 heavy (non-hydrogen) atoms. The van der Waals surface area contributed by atoms with Crippen molar-refractivity contribution < 1.29 is 28.0 Å². The van der Waals surface area contributed by atoms with Crippen LogP contribution in [-0.4, -0.2) is 78.1 Å². The summed E-state index contributed by atoms with van der Waals surface area (Å²) in [5.41, 5.74) is -2.11. The minimum Gasteiger partial charge on any atom is -0.393 e. The van der Waals surface area contributed by atoms with Crippen molar-refractivity contribution in [3.05, 3.63) is 69.7 Å². The Kier molecular flexibility index (Phi) is 6.63. The summed E-state index contributed by atoms with van der Waals surface area (Å²) in [5.74, 6) is -9.87. The standard InChI is InChI=1S/C22H13B5ClF2N3O4/c23-15(33(27)19(37)22(29,30)12-2-4-13(28)5-3-12)10-1-6-14-11(7-10)8-32(16(14)34)21(26)9-20(24,25)17(35)31-18(21)36/h1-7,15H,8-9H2,(H,31,35,36)/t15?,21-/m1/s1. The van der Waals surface area contributed by atoms with Crippen molar-refractivity contribution in [2.75, 3.05) is 0 Å². The molecule has 7 nitrogen and oxygen atoms in total. The summed E-state index contributed by atoms with van der Waals surface area (Å²) >= 11 is 5.72. The molecule has 2 heterocycles. The number of amides is 4. The summed E-state index contributed by atoms with van der Waals surface area (Å²) in [4.78, 5) is 51.2. The van der Waals surface area contributed by atoms with Crippen LogP contribution in [0.25, 0.3) is 0 Å². The quantitative estimate of drug-likeness (QED) is 0.470. The van der Waals surface area contributed by atoms with E-state index in [0.717, 1.165) is 17.0 Å². The number of nitrogens with one attached hydrogen (secondary N) is 1. The molecule has 2 atom stereocenters. The molecule has 0 saturated carbocycles. The van der Waals surface area contributed by atoms with E-state index in [1.165, 1.54) is 30.3 Å². The van der Waals surface area contributed by atoms with Gasteiger partial charge < -0.3 is 9.71 Å². The van der Waals surface area contributed by atoms with Gasteiger partial charge in [0, 0.05) is 28.6 Å². The monoisotopic (exact) mass is 511 g/mol. The summed E-state index contributed by atoms with van der Waals surface area (Å²) in [6.45, 7) is -0.220. The predicted molar refractivity (Wildman–Crippen MR) is 133 cm³/mol. The second-order valence-corrected chi connectivity index (χ2v) is 9.41. The fourth-order valence-electron chi connectivity index (χ4n) is 4.23. The molecule has 0 aromatic heterocycles. The van der Waals surface area contributed by atoms with Gasteiger partial charge in [0.25, 0.3) is 11.8 Å². The fourth-order valence-corrected chi connectivity index (χ4v) is 4.36. The van der Waals surface area contributed by atoms with Crippen LogP contribution in [0.2, 0.25) is 10.2 Å². The fraction of sp³-hybridized carbons (Fsp3) is 0.273. The predicted octanol–water partition coefficient (Wildman–Crippen LogP) is 0.532. The van der Waals surface area contributed by atoms with E-state index in [1.54, 1.807) is 0 Å². The van der Waals surface area contributed by atoms with Crippen molar-refractivity contribution in [1.29, 1.82) is 0 Å². The number of piperidine rings is 1. The Morgan fingerprint density at radius 1 is 1.08 bits per heavy atom. The van der Waals surface area contributed by atoms with Crippen LogP contribution in [0.1, 0.15) is 39.4 Å². The van der Waals surface area contributed by atoms with E-state index in [4.69, 9.17) is 51.0 Å². The summed E-state index contributed by atoms with van der Waals surface area (Å²) in [6.07, 6.45) is -0.554. The van der Waals surface area contributed by atoms with Crippen molar-refractivity contribution >= 4 is 74.6 Å². The number of halogens is 3. The third kappa shape index (κ3) is 4.49. The van der Waals surface area contributed by atoms with Crippen LogP contribution >= 0.6 is 11.6 Å². The molecule has 15 heteroatoms. The van der Waals surface area contributed by atoms with Gasteiger partial charge in [-0.05, 0) is 41.0 Å². The van der Waals surface area contributed by atoms with Gasteiger partial charge in [-0.25, -0.2) is 0 Å². The minimum absolute atomic E-state index is 0.123. The van der Waals surface area contributed by atoms with Gasteiger partial charge in [0.15, 0.2) is 0 Å². The molecular formula is C22H13B5ClF2N3O4. The minimum atomic E-state index is -4.00. The van der Waals surface area contributed by atoms with Gasteiger partial charge in [0.2, 0.25) is 19.8 Å². The maximum Gasteiger partial charge on any atom is 0.348 e. The average molecular weight is 511 g/mol. The number of fused-ring (bicyclic) bond motifs is 1. The molecule has 2 aromatic rings. The number of imide groups is 1. The summed E-state index contributed by atoms with van der Waals surface area (Å²) < 4.78 is 29.6. The molecule has 1 unspecified atom stereocenters. The van der Waals surface area contributed by atoms with E-state index in [-0.39, 0.29) is 27.5 Å². The van der Waals surface area contributed by atoms with Gasteiger partial charge in [-0.3, -0.25) is 24.5 Å². The van der Waals surface area contributed by atoms with Crippen LogP contribution in [0.3, 0.4) is 0 Å². The molecule has 2 aliphatic rings. The number of hydrogen-bond acceptors (Lipinski definition) is 4. The molecule has 2 aliphatic heterocycles. The zero-order valence-electron chi connectivity index (χ0n) is 19.1. The third-order valence-corrected chi connectivity index (χ3v) is 6.62. The van der Waals surface area contributed by atoms with E-state index in [1.807, 2.05) is 5.32 Å². The topological polar surface area (TPSA) is 86.8 Å². The molecule has 0 spiro atoms. The van der Waals surface area contributed by atoms with Crippen LogP contribution in [-0.2, 0) is 26.9 Å². The lowest BCUT2D eigenvalue weighted by molar-refractivity contribution is -0.154. The number of carbonyl (C=O) groups excluding carboxylic acids is 4. The smallest absolute Gasteiger partial charge is 0.348 e. The molecule has 4 rings (SSSR count). The van der Waals surface area contributed by atoms with Crippen LogP contribution in [0.15, 0.2) is 42.5 Å². The highest BCUT2D eigenvalue weighted by molar-refractivity contribution is 6.53. The van der Waals surface area contributed by atoms with Gasteiger partial charge in [0.05, 0.1) is 21.1 Å². The molecule has 1 N–H and O–H groups in total. The summed E-state index contributed by atoms with van der Waals surface area (Å²) in [5, 5.41) is 0.157. The van der Waals surface area contributed by atoms with Gasteiger partial charge in [-0.1, -0.05) is 35.9 Å². The molecule has 1 saturated heterocycles. The normalized spacial score (nSPS) is 21.8. The van der Waals surface area contributed by atoms with E-state index in [9.17, 15) is 28.0 Å². The highest BCUT2D eigenvalue weighted by Crippen LogP contribution is 2.40. The zero-order chi connectivity index (χ0) is 27.5.